The molecule has 0 spiro atoms. The van der Waals surface area contributed by atoms with Crippen LogP contribution in [0.2, 0.25) is 0 Å². The van der Waals surface area contributed by atoms with Gasteiger partial charge < -0.3 is 4.90 Å². The van der Waals surface area contributed by atoms with Crippen molar-refractivity contribution in [1.82, 2.24) is 19.7 Å². The molecule has 1 atom stereocenters. The number of anilines is 1. The fourth-order valence-corrected chi connectivity index (χ4v) is 2.95. The SMILES string of the molecule is Cc1nc(C)n(C[C@H]2CCCN2c2ncccc2C#N)n1. The first kappa shape index (κ1) is 13.6. The van der Waals surface area contributed by atoms with Gasteiger partial charge in [-0.2, -0.15) is 10.4 Å². The first-order valence-corrected chi connectivity index (χ1v) is 7.19. The lowest BCUT2D eigenvalue weighted by Gasteiger charge is -2.26. The van der Waals surface area contributed by atoms with Gasteiger partial charge in [0, 0.05) is 12.7 Å². The molecule has 6 heteroatoms. The molecule has 0 radical (unpaired) electrons. The fraction of sp³-hybridized carbons (Fsp3) is 0.467. The highest BCUT2D eigenvalue weighted by Crippen LogP contribution is 2.27. The third-order valence-electron chi connectivity index (χ3n) is 3.90. The maximum atomic E-state index is 9.26. The van der Waals surface area contributed by atoms with Crippen molar-refractivity contribution in [2.24, 2.45) is 0 Å². The number of aryl methyl sites for hydroxylation is 2. The first-order valence-electron chi connectivity index (χ1n) is 7.19. The van der Waals surface area contributed by atoms with Crippen molar-refractivity contribution in [2.75, 3.05) is 11.4 Å². The average Bonchev–Trinajstić information content (AvgIpc) is 3.06. The van der Waals surface area contributed by atoms with Gasteiger partial charge in [0.25, 0.3) is 0 Å². The van der Waals surface area contributed by atoms with E-state index in [0.717, 1.165) is 43.4 Å². The van der Waals surface area contributed by atoms with Gasteiger partial charge in [-0.05, 0) is 38.8 Å². The molecule has 1 saturated heterocycles. The number of aromatic nitrogens is 4. The molecule has 1 aliphatic rings. The molecule has 2 aromatic heterocycles. The van der Waals surface area contributed by atoms with Gasteiger partial charge in [0.05, 0.1) is 18.2 Å². The molecule has 108 valence electrons. The zero-order valence-corrected chi connectivity index (χ0v) is 12.3. The van der Waals surface area contributed by atoms with Crippen molar-refractivity contribution in [3.63, 3.8) is 0 Å². The monoisotopic (exact) mass is 282 g/mol. The second-order valence-corrected chi connectivity index (χ2v) is 5.36. The highest BCUT2D eigenvalue weighted by molar-refractivity contribution is 5.54. The number of nitrogens with zero attached hydrogens (tertiary/aromatic N) is 6. The highest BCUT2D eigenvalue weighted by Gasteiger charge is 2.28. The van der Waals surface area contributed by atoms with Gasteiger partial charge in [-0.1, -0.05) is 0 Å². The maximum absolute atomic E-state index is 9.26. The molecule has 3 rings (SSSR count). The molecule has 0 saturated carbocycles. The summed E-state index contributed by atoms with van der Waals surface area (Å²) in [5.41, 5.74) is 0.635. The molecule has 0 aliphatic carbocycles. The molecule has 6 nitrogen and oxygen atoms in total. The predicted molar refractivity (Wildman–Crippen MR) is 78.8 cm³/mol. The molecule has 0 amide bonds. The predicted octanol–water partition coefficient (Wildman–Crippen LogP) is 1.83. The summed E-state index contributed by atoms with van der Waals surface area (Å²) < 4.78 is 1.95. The molecule has 0 bridgehead atoms. The van der Waals surface area contributed by atoms with Crippen molar-refractivity contribution in [3.8, 4) is 6.07 Å². The van der Waals surface area contributed by atoms with E-state index in [-0.39, 0.29) is 0 Å². The van der Waals surface area contributed by atoms with Gasteiger partial charge in [0.1, 0.15) is 23.5 Å². The van der Waals surface area contributed by atoms with Crippen molar-refractivity contribution >= 4 is 5.82 Å². The summed E-state index contributed by atoms with van der Waals surface area (Å²) in [5, 5.41) is 13.7. The summed E-state index contributed by atoms with van der Waals surface area (Å²) in [4.78, 5) is 11.0. The topological polar surface area (TPSA) is 70.6 Å². The van der Waals surface area contributed by atoms with E-state index in [4.69, 9.17) is 0 Å². The zero-order valence-electron chi connectivity index (χ0n) is 12.3. The lowest BCUT2D eigenvalue weighted by Crippen LogP contribution is -2.34. The normalized spacial score (nSPS) is 18.0. The van der Waals surface area contributed by atoms with E-state index in [2.05, 4.69) is 26.0 Å². The summed E-state index contributed by atoms with van der Waals surface area (Å²) in [6.07, 6.45) is 3.94. The summed E-state index contributed by atoms with van der Waals surface area (Å²) in [6, 6.07) is 6.17. The van der Waals surface area contributed by atoms with Gasteiger partial charge in [0.15, 0.2) is 0 Å². The van der Waals surface area contributed by atoms with Crippen LogP contribution >= 0.6 is 0 Å². The Labute approximate surface area is 124 Å². The minimum Gasteiger partial charge on any atom is -0.351 e. The van der Waals surface area contributed by atoms with Crippen LogP contribution in [0, 0.1) is 25.2 Å². The third kappa shape index (κ3) is 2.59. The Balaban J connectivity index is 1.86. The number of nitriles is 1. The Morgan fingerprint density at radius 2 is 2.29 bits per heavy atom. The molecule has 3 heterocycles. The number of pyridine rings is 1. The molecule has 0 aromatic carbocycles. The molecule has 21 heavy (non-hydrogen) atoms. The quantitative estimate of drug-likeness (QED) is 0.859. The van der Waals surface area contributed by atoms with Crippen LogP contribution in [0.15, 0.2) is 18.3 Å². The van der Waals surface area contributed by atoms with Gasteiger partial charge in [0.2, 0.25) is 0 Å². The van der Waals surface area contributed by atoms with Crippen molar-refractivity contribution in [2.45, 2.75) is 39.3 Å². The number of rotatable bonds is 3. The summed E-state index contributed by atoms with van der Waals surface area (Å²) in [7, 11) is 0. The number of hydrogen-bond donors (Lipinski definition) is 0. The second kappa shape index (κ2) is 5.52. The van der Waals surface area contributed by atoms with Crippen molar-refractivity contribution in [3.05, 3.63) is 35.5 Å². The van der Waals surface area contributed by atoms with Gasteiger partial charge in [-0.25, -0.2) is 14.6 Å². The van der Waals surface area contributed by atoms with Gasteiger partial charge in [-0.3, -0.25) is 0 Å². The molecular weight excluding hydrogens is 264 g/mol. The molecule has 1 aliphatic heterocycles. The van der Waals surface area contributed by atoms with E-state index in [9.17, 15) is 5.26 Å². The van der Waals surface area contributed by atoms with Crippen LogP contribution in [0.3, 0.4) is 0 Å². The summed E-state index contributed by atoms with van der Waals surface area (Å²) >= 11 is 0. The van der Waals surface area contributed by atoms with Crippen LogP contribution < -0.4 is 4.90 Å². The number of hydrogen-bond acceptors (Lipinski definition) is 5. The Morgan fingerprint density at radius 1 is 1.43 bits per heavy atom. The van der Waals surface area contributed by atoms with Crippen LogP contribution in [0.1, 0.15) is 30.1 Å². The molecule has 0 unspecified atom stereocenters. The fourth-order valence-electron chi connectivity index (χ4n) is 2.95. The lowest BCUT2D eigenvalue weighted by atomic mass is 10.2. The molecular formula is C15H18N6. The average molecular weight is 282 g/mol. The van der Waals surface area contributed by atoms with E-state index in [0.29, 0.717) is 11.6 Å². The van der Waals surface area contributed by atoms with Crippen LogP contribution in [-0.2, 0) is 6.54 Å². The summed E-state index contributed by atoms with van der Waals surface area (Å²) in [5.74, 6) is 2.52. The van der Waals surface area contributed by atoms with Crippen LogP contribution in [-0.4, -0.2) is 32.3 Å². The molecule has 1 fully saturated rings. The largest absolute Gasteiger partial charge is 0.351 e. The Morgan fingerprint density at radius 3 is 3.00 bits per heavy atom. The smallest absolute Gasteiger partial charge is 0.147 e. The van der Waals surface area contributed by atoms with Crippen LogP contribution in [0.25, 0.3) is 0 Å². The Kier molecular flexibility index (Phi) is 3.57. The minimum atomic E-state index is 0.312. The minimum absolute atomic E-state index is 0.312. The standard InChI is InChI=1S/C15H18N6/c1-11-18-12(2)21(19-11)10-14-6-4-8-20(14)15-13(9-16)5-3-7-17-15/h3,5,7,14H,4,6,8,10H2,1-2H3/t14-/m1/s1. The highest BCUT2D eigenvalue weighted by atomic mass is 15.4. The van der Waals surface area contributed by atoms with Crippen LogP contribution in [0.4, 0.5) is 5.82 Å². The van der Waals surface area contributed by atoms with E-state index >= 15 is 0 Å². The molecule has 0 N–H and O–H groups in total. The van der Waals surface area contributed by atoms with Gasteiger partial charge >= 0.3 is 0 Å². The third-order valence-corrected chi connectivity index (χ3v) is 3.90. The van der Waals surface area contributed by atoms with Gasteiger partial charge in [-0.15, -0.1) is 0 Å². The Bertz CT molecular complexity index is 684. The van der Waals surface area contributed by atoms with E-state index < -0.39 is 0 Å². The van der Waals surface area contributed by atoms with E-state index in [1.54, 1.807) is 12.3 Å². The maximum Gasteiger partial charge on any atom is 0.147 e. The second-order valence-electron chi connectivity index (χ2n) is 5.36. The first-order chi connectivity index (χ1) is 10.2. The van der Waals surface area contributed by atoms with Crippen LogP contribution in [0.5, 0.6) is 0 Å². The molecule has 2 aromatic rings. The zero-order chi connectivity index (χ0) is 14.8. The lowest BCUT2D eigenvalue weighted by molar-refractivity contribution is 0.495. The summed E-state index contributed by atoms with van der Waals surface area (Å²) in [6.45, 7) is 5.60. The van der Waals surface area contributed by atoms with E-state index in [1.807, 2.05) is 24.6 Å². The van der Waals surface area contributed by atoms with E-state index in [1.165, 1.54) is 0 Å². The van der Waals surface area contributed by atoms with Crippen molar-refractivity contribution in [1.29, 1.82) is 5.26 Å². The van der Waals surface area contributed by atoms with Crippen molar-refractivity contribution < 1.29 is 0 Å². The Hall–Kier alpha value is -2.42.